The van der Waals surface area contributed by atoms with Gasteiger partial charge >= 0.3 is 6.09 Å². The molecule has 1 aromatic rings. The third-order valence-electron chi connectivity index (χ3n) is 2.01. The highest BCUT2D eigenvalue weighted by molar-refractivity contribution is 5.68. The molecule has 19 heavy (non-hydrogen) atoms. The number of nitrogens with one attached hydrogen (secondary N) is 1. The number of rotatable bonds is 5. The van der Waals surface area contributed by atoms with Crippen LogP contribution in [0.5, 0.6) is 5.88 Å². The highest BCUT2D eigenvalue weighted by Crippen LogP contribution is 2.07. The molecule has 0 bridgehead atoms. The summed E-state index contributed by atoms with van der Waals surface area (Å²) in [6.07, 6.45) is 1.01. The van der Waals surface area contributed by atoms with Crippen molar-refractivity contribution >= 4 is 6.09 Å². The van der Waals surface area contributed by atoms with E-state index < -0.39 is 17.7 Å². The quantitative estimate of drug-likeness (QED) is 0.842. The van der Waals surface area contributed by atoms with E-state index in [1.165, 1.54) is 0 Å². The van der Waals surface area contributed by atoms with Crippen molar-refractivity contribution in [3.05, 3.63) is 24.4 Å². The average molecular weight is 268 g/mol. The molecule has 0 radical (unpaired) electrons. The molecule has 0 fully saturated rings. The minimum Gasteiger partial charge on any atom is -0.475 e. The monoisotopic (exact) mass is 268 g/mol. The summed E-state index contributed by atoms with van der Waals surface area (Å²) in [4.78, 5) is 15.5. The Hall–Kier alpha value is -1.82. The molecule has 1 rings (SSSR count). The Morgan fingerprint density at radius 1 is 1.47 bits per heavy atom. The molecular formula is C13H20N2O4. The zero-order valence-corrected chi connectivity index (χ0v) is 11.4. The number of alkyl carbamates (subject to hydrolysis) is 1. The van der Waals surface area contributed by atoms with Crippen molar-refractivity contribution in [3.63, 3.8) is 0 Å². The number of aromatic nitrogens is 1. The van der Waals surface area contributed by atoms with E-state index in [9.17, 15) is 9.90 Å². The van der Waals surface area contributed by atoms with Crippen molar-refractivity contribution in [2.75, 3.05) is 13.2 Å². The fraction of sp³-hybridized carbons (Fsp3) is 0.538. The van der Waals surface area contributed by atoms with Gasteiger partial charge < -0.3 is 19.9 Å². The van der Waals surface area contributed by atoms with E-state index >= 15 is 0 Å². The fourth-order valence-electron chi connectivity index (χ4n) is 1.23. The van der Waals surface area contributed by atoms with Crippen LogP contribution in [-0.4, -0.2) is 41.0 Å². The highest BCUT2D eigenvalue weighted by Gasteiger charge is 2.19. The van der Waals surface area contributed by atoms with Crippen LogP contribution >= 0.6 is 0 Å². The molecule has 2 N–H and O–H groups in total. The van der Waals surface area contributed by atoms with Crippen LogP contribution in [-0.2, 0) is 4.74 Å². The molecule has 0 spiro atoms. The van der Waals surface area contributed by atoms with Gasteiger partial charge in [-0.15, -0.1) is 0 Å². The summed E-state index contributed by atoms with van der Waals surface area (Å²) >= 11 is 0. The van der Waals surface area contributed by atoms with Crippen LogP contribution in [0.1, 0.15) is 20.8 Å². The van der Waals surface area contributed by atoms with E-state index in [0.717, 1.165) is 0 Å². The molecule has 0 aromatic carbocycles. The van der Waals surface area contributed by atoms with Crippen molar-refractivity contribution in [2.45, 2.75) is 32.4 Å². The lowest BCUT2D eigenvalue weighted by Crippen LogP contribution is -2.44. The minimum absolute atomic E-state index is 0.118. The molecule has 0 aliphatic carbocycles. The molecule has 1 aromatic heterocycles. The van der Waals surface area contributed by atoms with Gasteiger partial charge in [-0.1, -0.05) is 6.07 Å². The van der Waals surface area contributed by atoms with Crippen LogP contribution < -0.4 is 10.1 Å². The molecule has 0 unspecified atom stereocenters. The molecule has 1 atom stereocenters. The molecule has 0 aliphatic rings. The van der Waals surface area contributed by atoms with E-state index in [4.69, 9.17) is 9.47 Å². The van der Waals surface area contributed by atoms with Crippen LogP contribution in [0.2, 0.25) is 0 Å². The van der Waals surface area contributed by atoms with Crippen molar-refractivity contribution in [1.29, 1.82) is 0 Å². The summed E-state index contributed by atoms with van der Waals surface area (Å²) in [5.41, 5.74) is -0.577. The van der Waals surface area contributed by atoms with Gasteiger partial charge in [0.15, 0.2) is 0 Å². The SMILES string of the molecule is CC(C)(C)OC(=O)N[C@H](CO)COc1ccccn1. The maximum absolute atomic E-state index is 11.5. The second-order valence-electron chi connectivity index (χ2n) is 5.00. The first-order valence-corrected chi connectivity index (χ1v) is 6.05. The third-order valence-corrected chi connectivity index (χ3v) is 2.01. The van der Waals surface area contributed by atoms with E-state index in [0.29, 0.717) is 5.88 Å². The van der Waals surface area contributed by atoms with Gasteiger partial charge in [-0.2, -0.15) is 0 Å². The summed E-state index contributed by atoms with van der Waals surface area (Å²) in [6, 6.07) is 4.71. The summed E-state index contributed by atoms with van der Waals surface area (Å²) < 4.78 is 10.4. The third kappa shape index (κ3) is 6.61. The molecule has 0 saturated carbocycles. The van der Waals surface area contributed by atoms with E-state index in [2.05, 4.69) is 10.3 Å². The van der Waals surface area contributed by atoms with Crippen molar-refractivity contribution in [1.82, 2.24) is 10.3 Å². The molecule has 0 saturated heterocycles. The Bertz CT molecular complexity index is 389. The van der Waals surface area contributed by atoms with Gasteiger partial charge in [0, 0.05) is 12.3 Å². The molecule has 6 heteroatoms. The predicted molar refractivity (Wildman–Crippen MR) is 70.0 cm³/mol. The number of hydrogen-bond acceptors (Lipinski definition) is 5. The zero-order valence-electron chi connectivity index (χ0n) is 11.4. The van der Waals surface area contributed by atoms with Crippen molar-refractivity contribution in [3.8, 4) is 5.88 Å². The van der Waals surface area contributed by atoms with Gasteiger partial charge in [0.1, 0.15) is 12.2 Å². The molecule has 1 heterocycles. The second-order valence-corrected chi connectivity index (χ2v) is 5.00. The van der Waals surface area contributed by atoms with Gasteiger partial charge in [0.25, 0.3) is 0 Å². The Kier molecular flexibility index (Phi) is 5.57. The maximum atomic E-state index is 11.5. The largest absolute Gasteiger partial charge is 0.475 e. The van der Waals surface area contributed by atoms with Crippen molar-refractivity contribution in [2.24, 2.45) is 0 Å². The normalized spacial score (nSPS) is 12.6. The van der Waals surface area contributed by atoms with E-state index in [1.54, 1.807) is 45.2 Å². The van der Waals surface area contributed by atoms with Crippen molar-refractivity contribution < 1.29 is 19.4 Å². The molecule has 106 valence electrons. The van der Waals surface area contributed by atoms with Crippen LogP contribution in [0.3, 0.4) is 0 Å². The lowest BCUT2D eigenvalue weighted by Gasteiger charge is -2.22. The average Bonchev–Trinajstić information content (AvgIpc) is 2.33. The van der Waals surface area contributed by atoms with Gasteiger partial charge in [0.2, 0.25) is 5.88 Å². The van der Waals surface area contributed by atoms with Gasteiger partial charge in [0.05, 0.1) is 12.6 Å². The topological polar surface area (TPSA) is 80.7 Å². The Morgan fingerprint density at radius 2 is 2.21 bits per heavy atom. The maximum Gasteiger partial charge on any atom is 0.408 e. The predicted octanol–water partition coefficient (Wildman–Crippen LogP) is 1.35. The number of ether oxygens (including phenoxy) is 2. The smallest absolute Gasteiger partial charge is 0.408 e. The van der Waals surface area contributed by atoms with E-state index in [1.807, 2.05) is 0 Å². The number of carbonyl (C=O) groups is 1. The Balaban J connectivity index is 2.39. The molecule has 1 amide bonds. The van der Waals surface area contributed by atoms with Crippen LogP contribution in [0.25, 0.3) is 0 Å². The number of aliphatic hydroxyl groups excluding tert-OH is 1. The molecule has 6 nitrogen and oxygen atoms in total. The summed E-state index contributed by atoms with van der Waals surface area (Å²) in [5, 5.41) is 11.7. The van der Waals surface area contributed by atoms with Crippen LogP contribution in [0.4, 0.5) is 4.79 Å². The first-order chi connectivity index (χ1) is 8.90. The Morgan fingerprint density at radius 3 is 2.74 bits per heavy atom. The zero-order chi connectivity index (χ0) is 14.3. The number of aliphatic hydroxyl groups is 1. The summed E-state index contributed by atoms with van der Waals surface area (Å²) in [5.74, 6) is 0.437. The highest BCUT2D eigenvalue weighted by atomic mass is 16.6. The second kappa shape index (κ2) is 6.94. The van der Waals surface area contributed by atoms with E-state index in [-0.39, 0.29) is 13.2 Å². The summed E-state index contributed by atoms with van der Waals surface area (Å²) in [7, 11) is 0. The molecule has 0 aliphatic heterocycles. The summed E-state index contributed by atoms with van der Waals surface area (Å²) in [6.45, 7) is 5.18. The number of carbonyl (C=O) groups excluding carboxylic acids is 1. The standard InChI is InChI=1S/C13H20N2O4/c1-13(2,3)19-12(17)15-10(8-16)9-18-11-6-4-5-7-14-11/h4-7,10,16H,8-9H2,1-3H3,(H,15,17)/t10-/m1/s1. The number of nitrogens with zero attached hydrogens (tertiary/aromatic N) is 1. The molecular weight excluding hydrogens is 248 g/mol. The first kappa shape index (κ1) is 15.2. The lowest BCUT2D eigenvalue weighted by atomic mass is 10.2. The minimum atomic E-state index is -0.587. The lowest BCUT2D eigenvalue weighted by molar-refractivity contribution is 0.0457. The van der Waals surface area contributed by atoms with Crippen LogP contribution in [0, 0.1) is 0 Å². The van der Waals surface area contributed by atoms with Gasteiger partial charge in [-0.05, 0) is 26.8 Å². The number of pyridine rings is 1. The number of hydrogen-bond donors (Lipinski definition) is 2. The Labute approximate surface area is 112 Å². The van der Waals surface area contributed by atoms with Gasteiger partial charge in [-0.3, -0.25) is 0 Å². The number of amides is 1. The van der Waals surface area contributed by atoms with Gasteiger partial charge in [-0.25, -0.2) is 9.78 Å². The fourth-order valence-corrected chi connectivity index (χ4v) is 1.23. The van der Waals surface area contributed by atoms with Crippen LogP contribution in [0.15, 0.2) is 24.4 Å². The first-order valence-electron chi connectivity index (χ1n) is 6.05.